The first-order chi connectivity index (χ1) is 19.9. The van der Waals surface area contributed by atoms with Crippen molar-refractivity contribution in [2.45, 2.75) is 81.9 Å². The predicted octanol–water partition coefficient (Wildman–Crippen LogP) is 3.28. The number of rotatable bonds is 11. The van der Waals surface area contributed by atoms with E-state index in [4.69, 9.17) is 35.8 Å². The Morgan fingerprint density at radius 1 is 0.543 bits per heavy atom. The van der Waals surface area contributed by atoms with Gasteiger partial charge < -0.3 is 1.43 Å². The van der Waals surface area contributed by atoms with Crippen LogP contribution in [0.5, 0.6) is 0 Å². The van der Waals surface area contributed by atoms with Crippen molar-refractivity contribution in [3.05, 3.63) is 34.3 Å². The Hall–Kier alpha value is -0.340. The fourth-order valence-electron chi connectivity index (χ4n) is 3.36. The molecule has 2 rings (SSSR count). The normalized spacial score (nSPS) is 13.8. The summed E-state index contributed by atoms with van der Waals surface area (Å²) in [5, 5.41) is -0.995. The summed E-state index contributed by atoms with van der Waals surface area (Å²) in [6.45, 7) is 13.5. The molecule has 46 heavy (non-hydrogen) atoms. The van der Waals surface area contributed by atoms with Gasteiger partial charge in [0.05, 0.1) is 19.8 Å². The molecule has 12 nitrogen and oxygen atoms in total. The van der Waals surface area contributed by atoms with Gasteiger partial charge in [-0.25, -0.2) is 0 Å². The largest absolute Gasteiger partial charge is 1.00 e. The van der Waals surface area contributed by atoms with Gasteiger partial charge in [-0.05, 0) is 40.5 Å². The number of hydrogen-bond acceptors (Lipinski definition) is 11. The molecular weight excluding hydrogens is 738 g/mol. The quantitative estimate of drug-likeness (QED) is 0.200. The van der Waals surface area contributed by atoms with Crippen LogP contribution in [0.1, 0.15) is 63.7 Å². The summed E-state index contributed by atoms with van der Waals surface area (Å²) in [7, 11) is -20.6. The van der Waals surface area contributed by atoms with Gasteiger partial charge in [-0.3, -0.25) is 17.1 Å². The van der Waals surface area contributed by atoms with E-state index in [9.17, 15) is 38.2 Å². The van der Waals surface area contributed by atoms with Crippen LogP contribution in [0.2, 0.25) is 10.0 Å². The van der Waals surface area contributed by atoms with Gasteiger partial charge in [-0.1, -0.05) is 85.5 Å². The molecule has 258 valence electrons. The van der Waals surface area contributed by atoms with Crippen LogP contribution in [0.25, 0.3) is 11.1 Å². The molecule has 0 aliphatic carbocycles. The van der Waals surface area contributed by atoms with Crippen LogP contribution in [-0.4, -0.2) is 58.0 Å². The van der Waals surface area contributed by atoms with Gasteiger partial charge in [0.15, 0.2) is 0 Å². The molecule has 0 atom stereocenters. The summed E-state index contributed by atoms with van der Waals surface area (Å²) in [6.07, 6.45) is 0. The maximum atomic E-state index is 13.7. The molecule has 0 bridgehead atoms. The Labute approximate surface area is 306 Å². The van der Waals surface area contributed by atoms with E-state index in [-0.39, 0.29) is 31.0 Å². The fourth-order valence-corrected chi connectivity index (χ4v) is 9.03. The minimum Gasteiger partial charge on any atom is -1.00 e. The average Bonchev–Trinajstić information content (AvgIpc) is 2.83. The van der Waals surface area contributed by atoms with Crippen molar-refractivity contribution in [3.63, 3.8) is 0 Å². The SMILES string of the molecule is CC(C)(C)COS(=O)(=O)c1cc(Cl)cc(S(=O)(=O)O)c1-c1c(S(=O)(=O)OCC(C)(C)C)cc(Cl)cc1S(=O)(=O)OCC(C)(C)C.[H-].[Na+]. The minimum absolute atomic E-state index is 0. The van der Waals surface area contributed by atoms with E-state index in [1.54, 1.807) is 62.3 Å². The summed E-state index contributed by atoms with van der Waals surface area (Å²) in [5.74, 6) is 0. The van der Waals surface area contributed by atoms with E-state index in [1.807, 2.05) is 0 Å². The first kappa shape index (κ1) is 43.7. The topological polar surface area (TPSA) is 184 Å². The first-order valence-electron chi connectivity index (χ1n) is 13.2. The molecule has 0 aromatic heterocycles. The Morgan fingerprint density at radius 2 is 0.761 bits per heavy atom. The van der Waals surface area contributed by atoms with Crippen LogP contribution in [0, 0.1) is 16.2 Å². The Balaban J connectivity index is 0.0000106. The third-order valence-corrected chi connectivity index (χ3v) is 10.5. The Bertz CT molecular complexity index is 1830. The zero-order chi connectivity index (χ0) is 35.2. The molecule has 0 saturated heterocycles. The predicted molar refractivity (Wildman–Crippen MR) is 171 cm³/mol. The molecule has 2 aromatic carbocycles. The second-order valence-corrected chi connectivity index (χ2v) is 20.9. The van der Waals surface area contributed by atoms with E-state index in [2.05, 4.69) is 0 Å². The molecular formula is C27H39Cl2NaO12S4. The number of benzene rings is 2. The summed E-state index contributed by atoms with van der Waals surface area (Å²) >= 11 is 12.3. The Morgan fingerprint density at radius 3 is 0.978 bits per heavy atom. The van der Waals surface area contributed by atoms with E-state index in [1.165, 1.54) is 0 Å². The summed E-state index contributed by atoms with van der Waals surface area (Å²) in [5.41, 5.74) is -4.34. The molecule has 0 spiro atoms. The zero-order valence-electron chi connectivity index (χ0n) is 28.3. The van der Waals surface area contributed by atoms with Crippen molar-refractivity contribution >= 4 is 63.7 Å². The van der Waals surface area contributed by atoms with Crippen molar-refractivity contribution in [2.75, 3.05) is 19.8 Å². The van der Waals surface area contributed by atoms with Crippen LogP contribution >= 0.6 is 23.2 Å². The number of halogens is 2. The third kappa shape index (κ3) is 12.2. The summed E-state index contributed by atoms with van der Waals surface area (Å²) in [4.78, 5) is -4.36. The second kappa shape index (κ2) is 14.9. The van der Waals surface area contributed by atoms with E-state index >= 15 is 0 Å². The molecule has 0 aliphatic heterocycles. The Kier molecular flexibility index (Phi) is 14.1. The standard InChI is InChI=1S/C27H38Cl2O12S4.Na.H/c1-25(2,3)14-39-43(33,34)20-11-17(28)10-19(42(30,31)32)23(20)24-21(44(35,36)40-15-26(4,5)6)12-18(29)13-22(24)45(37,38)41-16-27(7,8)9;;/h10-13H,14-16H2,1-9H3,(H,30,31,32);;/q;+1;-1. The number of hydrogen-bond donors (Lipinski definition) is 1. The van der Waals surface area contributed by atoms with Crippen molar-refractivity contribution in [3.8, 4) is 11.1 Å². The van der Waals surface area contributed by atoms with Crippen LogP contribution in [-0.2, 0) is 53.0 Å². The molecule has 0 amide bonds. The molecule has 1 N–H and O–H groups in total. The minimum atomic E-state index is -5.44. The molecule has 0 heterocycles. The molecule has 0 unspecified atom stereocenters. The average molecular weight is 778 g/mol. The smallest absolute Gasteiger partial charge is 1.00 e. The van der Waals surface area contributed by atoms with Crippen molar-refractivity contribution < 1.29 is 81.8 Å². The first-order valence-corrected chi connectivity index (χ1v) is 19.6. The van der Waals surface area contributed by atoms with Crippen LogP contribution in [0.3, 0.4) is 0 Å². The molecule has 19 heteroatoms. The van der Waals surface area contributed by atoms with Crippen LogP contribution in [0.4, 0.5) is 0 Å². The summed E-state index contributed by atoms with van der Waals surface area (Å²) in [6, 6.07) is 2.87. The van der Waals surface area contributed by atoms with E-state index < -0.39 is 117 Å². The molecule has 0 saturated carbocycles. The van der Waals surface area contributed by atoms with Crippen molar-refractivity contribution in [1.29, 1.82) is 0 Å². The molecule has 2 aromatic rings. The van der Waals surface area contributed by atoms with Gasteiger partial charge >= 0.3 is 29.6 Å². The van der Waals surface area contributed by atoms with Crippen LogP contribution in [0.15, 0.2) is 43.8 Å². The maximum absolute atomic E-state index is 13.7. The van der Waals surface area contributed by atoms with E-state index in [0.717, 1.165) is 18.2 Å². The second-order valence-electron chi connectivity index (χ2n) is 13.9. The summed E-state index contributed by atoms with van der Waals surface area (Å²) < 4.78 is 134. The molecule has 0 radical (unpaired) electrons. The zero-order valence-corrected chi connectivity index (χ0v) is 34.0. The van der Waals surface area contributed by atoms with Crippen LogP contribution < -0.4 is 29.6 Å². The van der Waals surface area contributed by atoms with E-state index in [0.29, 0.717) is 6.07 Å². The van der Waals surface area contributed by atoms with Gasteiger partial charge in [0, 0.05) is 21.2 Å². The van der Waals surface area contributed by atoms with Crippen molar-refractivity contribution in [2.24, 2.45) is 16.2 Å². The van der Waals surface area contributed by atoms with Gasteiger partial charge in [0.1, 0.15) is 19.6 Å². The molecule has 0 fully saturated rings. The fraction of sp³-hybridized carbons (Fsp3) is 0.556. The molecule has 0 aliphatic rings. The maximum Gasteiger partial charge on any atom is 1.00 e. The van der Waals surface area contributed by atoms with Gasteiger partial charge in [-0.2, -0.15) is 33.7 Å². The third-order valence-electron chi connectivity index (χ3n) is 5.34. The monoisotopic (exact) mass is 776 g/mol. The van der Waals surface area contributed by atoms with Gasteiger partial charge in [-0.15, -0.1) is 0 Å². The van der Waals surface area contributed by atoms with Gasteiger partial charge in [0.2, 0.25) is 0 Å². The van der Waals surface area contributed by atoms with Gasteiger partial charge in [0.25, 0.3) is 40.5 Å². The van der Waals surface area contributed by atoms with Crippen molar-refractivity contribution in [1.82, 2.24) is 0 Å².